The van der Waals surface area contributed by atoms with Crippen LogP contribution < -0.4 is 10.2 Å². The van der Waals surface area contributed by atoms with E-state index in [1.807, 2.05) is 6.07 Å². The molecule has 0 fully saturated rings. The Kier molecular flexibility index (Phi) is 3.82. The second kappa shape index (κ2) is 5.55. The van der Waals surface area contributed by atoms with E-state index in [1.165, 1.54) is 11.8 Å². The zero-order valence-electron chi connectivity index (χ0n) is 12.6. The van der Waals surface area contributed by atoms with Gasteiger partial charge in [0, 0.05) is 10.7 Å². The van der Waals surface area contributed by atoms with E-state index < -0.39 is 5.66 Å². The van der Waals surface area contributed by atoms with E-state index in [4.69, 9.17) is 23.2 Å². The third-order valence-electron chi connectivity index (χ3n) is 4.02. The summed E-state index contributed by atoms with van der Waals surface area (Å²) in [5.41, 5.74) is 0.232. The van der Waals surface area contributed by atoms with Gasteiger partial charge in [0.05, 0.1) is 16.3 Å². The van der Waals surface area contributed by atoms with Crippen LogP contribution in [0.5, 0.6) is 0 Å². The number of hydrogen-bond donors (Lipinski definition) is 1. The maximum atomic E-state index is 13.0. The highest BCUT2D eigenvalue weighted by atomic mass is 35.5. The maximum Gasteiger partial charge on any atom is 0.262 e. The fourth-order valence-electron chi connectivity index (χ4n) is 2.67. The molecular weight excluding hydrogens is 335 g/mol. The van der Waals surface area contributed by atoms with Crippen molar-refractivity contribution in [3.8, 4) is 0 Å². The number of carbonyl (C=O) groups excluding carboxylic acids is 2. The molecule has 0 saturated heterocycles. The second-order valence-corrected chi connectivity index (χ2v) is 6.38. The van der Waals surface area contributed by atoms with Crippen molar-refractivity contribution in [2.45, 2.75) is 19.5 Å². The van der Waals surface area contributed by atoms with Gasteiger partial charge < -0.3 is 5.32 Å². The number of rotatable bonds is 2. The molecule has 0 aromatic heterocycles. The summed E-state index contributed by atoms with van der Waals surface area (Å²) in [6.45, 7) is 3.08. The number of carbonyl (C=O) groups is 2. The van der Waals surface area contributed by atoms with E-state index in [0.29, 0.717) is 27.0 Å². The molecule has 0 saturated carbocycles. The van der Waals surface area contributed by atoms with E-state index in [0.717, 1.165) is 0 Å². The zero-order chi connectivity index (χ0) is 16.8. The number of ketones is 1. The molecule has 118 valence electrons. The minimum absolute atomic E-state index is 0.212. The van der Waals surface area contributed by atoms with Gasteiger partial charge in [0.2, 0.25) is 0 Å². The van der Waals surface area contributed by atoms with Crippen LogP contribution in [-0.2, 0) is 4.79 Å². The number of nitrogens with one attached hydrogen (secondary N) is 1. The Bertz CT molecular complexity index is 822. The maximum absolute atomic E-state index is 13.0. The third kappa shape index (κ3) is 2.48. The lowest BCUT2D eigenvalue weighted by molar-refractivity contribution is -0.120. The van der Waals surface area contributed by atoms with E-state index in [-0.39, 0.29) is 11.7 Å². The predicted octanol–water partition coefficient (Wildman–Crippen LogP) is 4.37. The first kappa shape index (κ1) is 15.8. The first-order chi connectivity index (χ1) is 10.8. The summed E-state index contributed by atoms with van der Waals surface area (Å²) in [5, 5.41) is 3.93. The van der Waals surface area contributed by atoms with Crippen molar-refractivity contribution < 1.29 is 9.59 Å². The van der Waals surface area contributed by atoms with Gasteiger partial charge in [-0.15, -0.1) is 0 Å². The average molecular weight is 349 g/mol. The molecule has 1 aliphatic rings. The van der Waals surface area contributed by atoms with Crippen LogP contribution in [0.2, 0.25) is 10.0 Å². The van der Waals surface area contributed by atoms with Crippen molar-refractivity contribution in [3.05, 3.63) is 58.1 Å². The minimum atomic E-state index is -1.25. The molecule has 1 aliphatic heterocycles. The zero-order valence-corrected chi connectivity index (χ0v) is 14.1. The van der Waals surface area contributed by atoms with Crippen LogP contribution in [0.1, 0.15) is 24.2 Å². The Morgan fingerprint density at radius 1 is 1.17 bits per heavy atom. The Hall–Kier alpha value is -2.04. The summed E-state index contributed by atoms with van der Waals surface area (Å²) in [6.07, 6.45) is 0. The Morgan fingerprint density at radius 3 is 2.57 bits per heavy atom. The average Bonchev–Trinajstić information content (AvgIpc) is 2.50. The lowest BCUT2D eigenvalue weighted by Gasteiger charge is -2.44. The lowest BCUT2D eigenvalue weighted by Crippen LogP contribution is -2.62. The molecule has 1 atom stereocenters. The summed E-state index contributed by atoms with van der Waals surface area (Å²) in [7, 11) is 0. The number of amides is 1. The molecule has 0 aliphatic carbocycles. The van der Waals surface area contributed by atoms with Gasteiger partial charge in [-0.2, -0.15) is 0 Å². The molecule has 0 bridgehead atoms. The normalized spacial score (nSPS) is 20.0. The first-order valence-electron chi connectivity index (χ1n) is 7.02. The fourth-order valence-corrected chi connectivity index (χ4v) is 3.04. The highest BCUT2D eigenvalue weighted by Crippen LogP contribution is 2.39. The molecule has 1 unspecified atom stereocenters. The van der Waals surface area contributed by atoms with Crippen LogP contribution in [0.4, 0.5) is 11.4 Å². The monoisotopic (exact) mass is 348 g/mol. The Balaban J connectivity index is 2.26. The summed E-state index contributed by atoms with van der Waals surface area (Å²) in [4.78, 5) is 26.7. The smallest absolute Gasteiger partial charge is 0.262 e. The summed E-state index contributed by atoms with van der Waals surface area (Å²) in [5.74, 6) is -0.516. The molecular formula is C17H14Cl2N2O2. The molecule has 2 aromatic carbocycles. The van der Waals surface area contributed by atoms with Gasteiger partial charge in [0.1, 0.15) is 0 Å². The molecule has 23 heavy (non-hydrogen) atoms. The first-order valence-corrected chi connectivity index (χ1v) is 7.78. The van der Waals surface area contributed by atoms with Crippen molar-refractivity contribution in [1.29, 1.82) is 0 Å². The van der Waals surface area contributed by atoms with Gasteiger partial charge in [0.15, 0.2) is 11.4 Å². The molecule has 1 heterocycles. The molecule has 3 rings (SSSR count). The van der Waals surface area contributed by atoms with Crippen LogP contribution in [-0.4, -0.2) is 17.4 Å². The number of halogens is 2. The number of anilines is 2. The molecule has 6 heteroatoms. The molecule has 4 nitrogen and oxygen atoms in total. The van der Waals surface area contributed by atoms with Gasteiger partial charge in [0.25, 0.3) is 5.91 Å². The molecule has 1 N–H and O–H groups in total. The topological polar surface area (TPSA) is 49.4 Å². The van der Waals surface area contributed by atoms with E-state index >= 15 is 0 Å². The van der Waals surface area contributed by atoms with Crippen molar-refractivity contribution >= 4 is 46.3 Å². The number of benzene rings is 2. The number of hydrogen-bond acceptors (Lipinski definition) is 3. The largest absolute Gasteiger partial charge is 0.356 e. The van der Waals surface area contributed by atoms with Crippen molar-refractivity contribution in [2.24, 2.45) is 0 Å². The summed E-state index contributed by atoms with van der Waals surface area (Å²) in [6, 6.07) is 11.9. The van der Waals surface area contributed by atoms with Crippen LogP contribution in [0, 0.1) is 0 Å². The third-order valence-corrected chi connectivity index (χ3v) is 4.58. The standard InChI is InChI=1S/C17H14Cl2N2O2/c1-10(22)17(2)20-14-6-4-3-5-12(14)16(23)21(17)15-9-11(18)7-8-13(15)19/h3-9,20H,1-2H3. The molecule has 1 amide bonds. The Labute approximate surface area is 144 Å². The molecule has 2 aromatic rings. The van der Waals surface area contributed by atoms with Crippen LogP contribution >= 0.6 is 23.2 Å². The highest BCUT2D eigenvalue weighted by molar-refractivity contribution is 6.36. The highest BCUT2D eigenvalue weighted by Gasteiger charge is 2.46. The quantitative estimate of drug-likeness (QED) is 0.876. The van der Waals surface area contributed by atoms with E-state index in [2.05, 4.69) is 5.32 Å². The summed E-state index contributed by atoms with van der Waals surface area (Å²) >= 11 is 12.3. The van der Waals surface area contributed by atoms with Gasteiger partial charge in [-0.05, 0) is 44.2 Å². The predicted molar refractivity (Wildman–Crippen MR) is 92.4 cm³/mol. The lowest BCUT2D eigenvalue weighted by atomic mass is 9.96. The fraction of sp³-hybridized carbons (Fsp3) is 0.176. The van der Waals surface area contributed by atoms with Gasteiger partial charge in [-0.3, -0.25) is 14.5 Å². The van der Waals surface area contributed by atoms with Gasteiger partial charge >= 0.3 is 0 Å². The van der Waals surface area contributed by atoms with Crippen LogP contribution in [0.15, 0.2) is 42.5 Å². The Morgan fingerprint density at radius 2 is 1.87 bits per heavy atom. The van der Waals surface area contributed by atoms with Crippen molar-refractivity contribution in [1.82, 2.24) is 0 Å². The van der Waals surface area contributed by atoms with Crippen LogP contribution in [0.25, 0.3) is 0 Å². The van der Waals surface area contributed by atoms with Gasteiger partial charge in [-0.1, -0.05) is 35.3 Å². The SMILES string of the molecule is CC(=O)C1(C)Nc2ccccc2C(=O)N1c1cc(Cl)ccc1Cl. The van der Waals surface area contributed by atoms with Gasteiger partial charge in [-0.25, -0.2) is 0 Å². The second-order valence-electron chi connectivity index (χ2n) is 5.54. The minimum Gasteiger partial charge on any atom is -0.356 e. The number of Topliss-reactive ketones (excluding diaryl/α,β-unsaturated/α-hetero) is 1. The number of para-hydroxylation sites is 1. The van der Waals surface area contributed by atoms with E-state index in [9.17, 15) is 9.59 Å². The van der Waals surface area contributed by atoms with Crippen molar-refractivity contribution in [3.63, 3.8) is 0 Å². The molecule has 0 radical (unpaired) electrons. The molecule has 0 spiro atoms. The van der Waals surface area contributed by atoms with Crippen molar-refractivity contribution in [2.75, 3.05) is 10.2 Å². The van der Waals surface area contributed by atoms with Crippen LogP contribution in [0.3, 0.4) is 0 Å². The summed E-state index contributed by atoms with van der Waals surface area (Å²) < 4.78 is 0. The number of nitrogens with zero attached hydrogens (tertiary/aromatic N) is 1. The van der Waals surface area contributed by atoms with E-state index in [1.54, 1.807) is 43.3 Å². The number of fused-ring (bicyclic) bond motifs is 1.